The van der Waals surface area contributed by atoms with E-state index in [1.165, 1.54) is 11.1 Å². The van der Waals surface area contributed by atoms with Crippen LogP contribution in [0.1, 0.15) is 45.8 Å². The van der Waals surface area contributed by atoms with E-state index in [2.05, 4.69) is 50.8 Å². The van der Waals surface area contributed by atoms with Crippen LogP contribution in [0.25, 0.3) is 0 Å². The molecule has 5 rings (SSSR count). The van der Waals surface area contributed by atoms with Crippen LogP contribution in [0.3, 0.4) is 0 Å². The van der Waals surface area contributed by atoms with Crippen molar-refractivity contribution < 1.29 is 9.53 Å². The van der Waals surface area contributed by atoms with Gasteiger partial charge in [-0.3, -0.25) is 4.79 Å². The molecule has 2 N–H and O–H groups in total. The molecule has 28 heavy (non-hydrogen) atoms. The van der Waals surface area contributed by atoms with Gasteiger partial charge in [0.25, 0.3) is 0 Å². The summed E-state index contributed by atoms with van der Waals surface area (Å²) in [5.41, 5.74) is 4.23. The molecule has 0 saturated carbocycles. The standard InChI is InChI=1S/C23H25BrN2O2/c24-21-7-2-1-4-15(21)17-12-26-13-18(17)22(27)16-5-3-6-20-19(16)14-28-23(20)8-10-25-11-9-23/h1-7,17-18,25-26H,8-14H2/t17-,18+/m0/s1. The predicted molar refractivity (Wildman–Crippen MR) is 113 cm³/mol. The molecule has 5 heteroatoms. The molecule has 0 bridgehead atoms. The molecule has 3 aliphatic rings. The van der Waals surface area contributed by atoms with Gasteiger partial charge >= 0.3 is 0 Å². The molecular formula is C23H25BrN2O2. The minimum Gasteiger partial charge on any atom is -0.365 e. The Labute approximate surface area is 174 Å². The Balaban J connectivity index is 1.49. The molecule has 3 heterocycles. The number of benzene rings is 2. The molecule has 146 valence electrons. The van der Waals surface area contributed by atoms with Crippen LogP contribution < -0.4 is 10.6 Å². The normalized spacial score (nSPS) is 25.8. The third-order valence-electron chi connectivity index (χ3n) is 6.69. The van der Waals surface area contributed by atoms with Gasteiger partial charge in [0, 0.05) is 35.0 Å². The smallest absolute Gasteiger partial charge is 0.168 e. The summed E-state index contributed by atoms with van der Waals surface area (Å²) in [5, 5.41) is 6.86. The van der Waals surface area contributed by atoms with Gasteiger partial charge in [0.1, 0.15) is 0 Å². The SMILES string of the molecule is O=C(c1cccc2c1COC21CCNCC1)[C@@H]1CNC[C@H]1c1ccccc1Br. The van der Waals surface area contributed by atoms with E-state index in [9.17, 15) is 4.79 Å². The van der Waals surface area contributed by atoms with Crippen molar-refractivity contribution in [2.24, 2.45) is 5.92 Å². The number of piperidine rings is 1. The Kier molecular flexibility index (Phi) is 4.87. The largest absolute Gasteiger partial charge is 0.365 e. The predicted octanol–water partition coefficient (Wildman–Crippen LogP) is 3.74. The van der Waals surface area contributed by atoms with Gasteiger partial charge in [0.15, 0.2) is 5.78 Å². The van der Waals surface area contributed by atoms with Crippen LogP contribution >= 0.6 is 15.9 Å². The molecule has 2 aromatic carbocycles. The highest BCUT2D eigenvalue weighted by molar-refractivity contribution is 9.10. The Morgan fingerprint density at radius 2 is 1.86 bits per heavy atom. The zero-order chi connectivity index (χ0) is 19.1. The molecule has 0 aliphatic carbocycles. The Morgan fingerprint density at radius 1 is 1.04 bits per heavy atom. The summed E-state index contributed by atoms with van der Waals surface area (Å²) in [4.78, 5) is 13.6. The number of fused-ring (bicyclic) bond motifs is 2. The molecule has 4 nitrogen and oxygen atoms in total. The molecular weight excluding hydrogens is 416 g/mol. The van der Waals surface area contributed by atoms with Crippen LogP contribution in [-0.2, 0) is 16.9 Å². The maximum atomic E-state index is 13.6. The number of hydrogen-bond acceptors (Lipinski definition) is 4. The summed E-state index contributed by atoms with van der Waals surface area (Å²) in [5.74, 6) is 0.390. The Morgan fingerprint density at radius 3 is 2.68 bits per heavy atom. The summed E-state index contributed by atoms with van der Waals surface area (Å²) in [7, 11) is 0. The monoisotopic (exact) mass is 440 g/mol. The quantitative estimate of drug-likeness (QED) is 0.713. The second-order valence-corrected chi connectivity index (χ2v) is 8.98. The van der Waals surface area contributed by atoms with Crippen LogP contribution in [0.15, 0.2) is 46.9 Å². The third kappa shape index (κ3) is 2.96. The zero-order valence-electron chi connectivity index (χ0n) is 15.8. The first-order valence-electron chi connectivity index (χ1n) is 10.2. The fraction of sp³-hybridized carbons (Fsp3) is 0.435. The third-order valence-corrected chi connectivity index (χ3v) is 7.41. The molecule has 1 spiro atoms. The van der Waals surface area contributed by atoms with Gasteiger partial charge in [-0.1, -0.05) is 52.3 Å². The van der Waals surface area contributed by atoms with E-state index in [0.29, 0.717) is 6.61 Å². The van der Waals surface area contributed by atoms with Crippen molar-refractivity contribution in [3.05, 3.63) is 69.2 Å². The van der Waals surface area contributed by atoms with E-state index in [0.717, 1.165) is 54.6 Å². The minimum atomic E-state index is -0.202. The Bertz CT molecular complexity index is 907. The van der Waals surface area contributed by atoms with Crippen LogP contribution in [0.4, 0.5) is 0 Å². The molecule has 2 atom stereocenters. The topological polar surface area (TPSA) is 50.4 Å². The average Bonchev–Trinajstić information content (AvgIpc) is 3.34. The van der Waals surface area contributed by atoms with Crippen molar-refractivity contribution in [1.29, 1.82) is 0 Å². The summed E-state index contributed by atoms with van der Waals surface area (Å²) in [6, 6.07) is 14.5. The number of ether oxygens (including phenoxy) is 1. The number of ketones is 1. The fourth-order valence-corrected chi connectivity index (χ4v) is 5.77. The van der Waals surface area contributed by atoms with E-state index >= 15 is 0 Å². The first-order valence-corrected chi connectivity index (χ1v) is 11.0. The van der Waals surface area contributed by atoms with Crippen LogP contribution in [-0.4, -0.2) is 32.0 Å². The van der Waals surface area contributed by atoms with Crippen molar-refractivity contribution >= 4 is 21.7 Å². The van der Waals surface area contributed by atoms with Gasteiger partial charge in [-0.25, -0.2) is 0 Å². The summed E-state index contributed by atoms with van der Waals surface area (Å²) < 4.78 is 7.40. The second kappa shape index (κ2) is 7.38. The highest BCUT2D eigenvalue weighted by Gasteiger charge is 2.43. The molecule has 0 aromatic heterocycles. The van der Waals surface area contributed by atoms with Crippen molar-refractivity contribution in [2.45, 2.75) is 31.0 Å². The summed E-state index contributed by atoms with van der Waals surface area (Å²) in [6.07, 6.45) is 1.95. The molecule has 3 aliphatic heterocycles. The van der Waals surface area contributed by atoms with E-state index in [-0.39, 0.29) is 23.2 Å². The van der Waals surface area contributed by atoms with Gasteiger partial charge in [0.2, 0.25) is 0 Å². The highest BCUT2D eigenvalue weighted by Crippen LogP contribution is 2.45. The van der Waals surface area contributed by atoms with Crippen LogP contribution in [0.2, 0.25) is 0 Å². The number of Topliss-reactive ketones (excluding diaryl/α,β-unsaturated/α-hetero) is 1. The highest BCUT2D eigenvalue weighted by atomic mass is 79.9. The molecule has 2 aromatic rings. The number of nitrogens with one attached hydrogen (secondary N) is 2. The lowest BCUT2D eigenvalue weighted by molar-refractivity contribution is -0.0590. The van der Waals surface area contributed by atoms with Crippen molar-refractivity contribution in [2.75, 3.05) is 26.2 Å². The average molecular weight is 441 g/mol. The number of carbonyl (C=O) groups excluding carboxylic acids is 1. The van der Waals surface area contributed by atoms with E-state index < -0.39 is 0 Å². The van der Waals surface area contributed by atoms with Crippen LogP contribution in [0, 0.1) is 5.92 Å². The van der Waals surface area contributed by atoms with Crippen molar-refractivity contribution in [1.82, 2.24) is 10.6 Å². The van der Waals surface area contributed by atoms with Crippen molar-refractivity contribution in [3.8, 4) is 0 Å². The Hall–Kier alpha value is -1.53. The summed E-state index contributed by atoms with van der Waals surface area (Å²) in [6.45, 7) is 4.05. The number of rotatable bonds is 3. The van der Waals surface area contributed by atoms with Gasteiger partial charge < -0.3 is 15.4 Å². The van der Waals surface area contributed by atoms with E-state index in [1.807, 2.05) is 18.2 Å². The number of hydrogen-bond donors (Lipinski definition) is 2. The first kappa shape index (κ1) is 18.5. The van der Waals surface area contributed by atoms with E-state index in [1.54, 1.807) is 0 Å². The molecule has 0 radical (unpaired) electrons. The molecule has 0 amide bonds. The van der Waals surface area contributed by atoms with Gasteiger partial charge in [-0.2, -0.15) is 0 Å². The molecule has 2 fully saturated rings. The second-order valence-electron chi connectivity index (χ2n) is 8.12. The number of carbonyl (C=O) groups is 1. The lowest BCUT2D eigenvalue weighted by Gasteiger charge is -2.34. The zero-order valence-corrected chi connectivity index (χ0v) is 17.4. The van der Waals surface area contributed by atoms with Crippen molar-refractivity contribution in [3.63, 3.8) is 0 Å². The van der Waals surface area contributed by atoms with E-state index in [4.69, 9.17) is 4.74 Å². The lowest BCUT2D eigenvalue weighted by atomic mass is 9.79. The lowest BCUT2D eigenvalue weighted by Crippen LogP contribution is -2.39. The molecule has 2 saturated heterocycles. The fourth-order valence-electron chi connectivity index (χ4n) is 5.19. The minimum absolute atomic E-state index is 0.0465. The van der Waals surface area contributed by atoms with Gasteiger partial charge in [0.05, 0.1) is 12.2 Å². The first-order chi connectivity index (χ1) is 13.7. The number of halogens is 1. The summed E-state index contributed by atoms with van der Waals surface area (Å²) >= 11 is 3.67. The maximum absolute atomic E-state index is 13.6. The van der Waals surface area contributed by atoms with Crippen LogP contribution in [0.5, 0.6) is 0 Å². The molecule has 0 unspecified atom stereocenters. The maximum Gasteiger partial charge on any atom is 0.168 e. The van der Waals surface area contributed by atoms with Gasteiger partial charge in [-0.05, 0) is 48.7 Å². The van der Waals surface area contributed by atoms with Gasteiger partial charge in [-0.15, -0.1) is 0 Å².